The summed E-state index contributed by atoms with van der Waals surface area (Å²) in [6.45, 7) is 9.33. The number of aliphatic hydroxyl groups is 1. The van der Waals surface area contributed by atoms with Crippen LogP contribution in [0.1, 0.15) is 102 Å². The summed E-state index contributed by atoms with van der Waals surface area (Å²) in [5, 5.41) is 10.1. The van der Waals surface area contributed by atoms with Crippen molar-refractivity contribution in [2.75, 3.05) is 18.6 Å². The first-order chi connectivity index (χ1) is 20.5. The molecular formula is C36H48N4O3. The standard InChI is InChI=1S/C36H48N4O3/c1-25-20-27(8-11-30(25)43-5)36-16-13-35(14-17-36,15-18-36)23-40(33(42)26-6-9-29(41)10-7-26)32-21-28(12-19-37-32)39-22-31(38-24-39)34(2,3)4/h8,11-12,19-22,24,26,29,41H,6-7,9-10,13-18,23H2,1-5H3. The van der Waals surface area contributed by atoms with Crippen LogP contribution >= 0.6 is 0 Å². The minimum atomic E-state index is -0.290. The number of aromatic nitrogens is 3. The van der Waals surface area contributed by atoms with Crippen molar-refractivity contribution < 1.29 is 14.6 Å². The van der Waals surface area contributed by atoms with Gasteiger partial charge in [-0.1, -0.05) is 32.9 Å². The van der Waals surface area contributed by atoms with Crippen molar-refractivity contribution in [3.63, 3.8) is 0 Å². The van der Waals surface area contributed by atoms with Gasteiger partial charge in [0.1, 0.15) is 11.6 Å². The number of rotatable bonds is 7. The van der Waals surface area contributed by atoms with Crippen LogP contribution < -0.4 is 9.64 Å². The molecule has 0 saturated heterocycles. The summed E-state index contributed by atoms with van der Waals surface area (Å²) in [6, 6.07) is 10.8. The van der Waals surface area contributed by atoms with Gasteiger partial charge in [0.05, 0.1) is 30.9 Å². The van der Waals surface area contributed by atoms with E-state index in [2.05, 4.69) is 63.1 Å². The Morgan fingerprint density at radius 3 is 2.33 bits per heavy atom. The molecule has 1 N–H and O–H groups in total. The van der Waals surface area contributed by atoms with Crippen molar-refractivity contribution in [1.29, 1.82) is 0 Å². The Labute approximate surface area is 256 Å². The number of nitrogens with zero attached hydrogens (tertiary/aromatic N) is 4. The molecule has 4 saturated carbocycles. The molecule has 0 aliphatic heterocycles. The molecule has 0 unspecified atom stereocenters. The van der Waals surface area contributed by atoms with Gasteiger partial charge in [-0.05, 0) is 105 Å². The van der Waals surface area contributed by atoms with Crippen molar-refractivity contribution in [1.82, 2.24) is 14.5 Å². The fraction of sp³-hybridized carbons (Fsp3) is 0.583. The lowest BCUT2D eigenvalue weighted by Crippen LogP contribution is -2.52. The molecule has 230 valence electrons. The lowest BCUT2D eigenvalue weighted by atomic mass is 9.51. The fourth-order valence-corrected chi connectivity index (χ4v) is 7.86. The molecule has 4 fully saturated rings. The first-order valence-corrected chi connectivity index (χ1v) is 16.2. The number of imidazole rings is 1. The molecule has 2 heterocycles. The molecule has 0 radical (unpaired) electrons. The van der Waals surface area contributed by atoms with Crippen LogP contribution in [0.4, 0.5) is 5.82 Å². The van der Waals surface area contributed by atoms with E-state index in [-0.39, 0.29) is 34.2 Å². The van der Waals surface area contributed by atoms with E-state index in [0.29, 0.717) is 19.4 Å². The van der Waals surface area contributed by atoms with Gasteiger partial charge in [0, 0.05) is 36.3 Å². The van der Waals surface area contributed by atoms with Gasteiger partial charge in [0.2, 0.25) is 5.91 Å². The molecule has 0 atom stereocenters. The average molecular weight is 585 g/mol. The molecule has 43 heavy (non-hydrogen) atoms. The number of hydrogen-bond donors (Lipinski definition) is 1. The average Bonchev–Trinajstić information content (AvgIpc) is 3.53. The predicted octanol–water partition coefficient (Wildman–Crippen LogP) is 7.06. The van der Waals surface area contributed by atoms with Crippen LogP contribution in [0.5, 0.6) is 5.75 Å². The van der Waals surface area contributed by atoms with Crippen molar-refractivity contribution in [2.24, 2.45) is 11.3 Å². The summed E-state index contributed by atoms with van der Waals surface area (Å²) in [7, 11) is 1.74. The second-order valence-electron chi connectivity index (χ2n) is 14.7. The zero-order chi connectivity index (χ0) is 30.4. The Morgan fingerprint density at radius 2 is 1.72 bits per heavy atom. The Hall–Kier alpha value is -3.19. The number of aryl methyl sites for hydroxylation is 1. The van der Waals surface area contributed by atoms with Gasteiger partial charge in [0.25, 0.3) is 0 Å². The number of amides is 1. The van der Waals surface area contributed by atoms with E-state index >= 15 is 0 Å². The van der Waals surface area contributed by atoms with Crippen LogP contribution in [-0.4, -0.2) is 45.3 Å². The van der Waals surface area contributed by atoms with Crippen LogP contribution in [0.15, 0.2) is 49.1 Å². The second kappa shape index (κ2) is 11.4. The zero-order valence-electron chi connectivity index (χ0n) is 26.6. The van der Waals surface area contributed by atoms with Crippen LogP contribution in [0, 0.1) is 18.3 Å². The molecular weight excluding hydrogens is 536 g/mol. The topological polar surface area (TPSA) is 80.5 Å². The van der Waals surface area contributed by atoms with Crippen molar-refractivity contribution in [2.45, 2.75) is 109 Å². The molecule has 1 amide bonds. The molecule has 7 heteroatoms. The van der Waals surface area contributed by atoms with Gasteiger partial charge < -0.3 is 14.4 Å². The van der Waals surface area contributed by atoms with Gasteiger partial charge in [-0.2, -0.15) is 0 Å². The van der Waals surface area contributed by atoms with Crippen LogP contribution in [0.3, 0.4) is 0 Å². The van der Waals surface area contributed by atoms with Gasteiger partial charge in [-0.15, -0.1) is 0 Å². The van der Waals surface area contributed by atoms with Crippen molar-refractivity contribution in [3.8, 4) is 11.4 Å². The number of pyridine rings is 1. The third-order valence-corrected chi connectivity index (χ3v) is 10.9. The smallest absolute Gasteiger partial charge is 0.231 e. The number of fused-ring (bicyclic) bond motifs is 3. The van der Waals surface area contributed by atoms with E-state index in [4.69, 9.17) is 9.72 Å². The van der Waals surface area contributed by atoms with Crippen LogP contribution in [0.2, 0.25) is 0 Å². The zero-order valence-corrected chi connectivity index (χ0v) is 26.6. The lowest BCUT2D eigenvalue weighted by Gasteiger charge is -2.55. The summed E-state index contributed by atoms with van der Waals surface area (Å²) in [5.41, 5.74) is 4.90. The third kappa shape index (κ3) is 5.85. The van der Waals surface area contributed by atoms with Crippen LogP contribution in [0.25, 0.3) is 5.69 Å². The van der Waals surface area contributed by atoms with Crippen LogP contribution in [-0.2, 0) is 15.6 Å². The minimum Gasteiger partial charge on any atom is -0.496 e. The fourth-order valence-electron chi connectivity index (χ4n) is 7.86. The number of benzene rings is 1. The number of aliphatic hydroxyl groups excluding tert-OH is 1. The van der Waals surface area contributed by atoms with Gasteiger partial charge in [0.15, 0.2) is 0 Å². The largest absolute Gasteiger partial charge is 0.496 e. The second-order valence-corrected chi connectivity index (χ2v) is 14.7. The summed E-state index contributed by atoms with van der Waals surface area (Å²) < 4.78 is 7.57. The molecule has 4 aliphatic rings. The monoisotopic (exact) mass is 584 g/mol. The molecule has 2 aromatic heterocycles. The molecule has 2 bridgehead atoms. The maximum absolute atomic E-state index is 14.3. The Bertz CT molecular complexity index is 1440. The lowest BCUT2D eigenvalue weighted by molar-refractivity contribution is -0.124. The highest BCUT2D eigenvalue weighted by atomic mass is 16.5. The van der Waals surface area contributed by atoms with E-state index in [1.165, 1.54) is 11.1 Å². The highest BCUT2D eigenvalue weighted by molar-refractivity contribution is 5.94. The Balaban J connectivity index is 1.27. The van der Waals surface area contributed by atoms with E-state index < -0.39 is 0 Å². The normalized spacial score (nSPS) is 27.2. The molecule has 1 aromatic carbocycles. The number of methoxy groups -OCH3 is 1. The highest BCUT2D eigenvalue weighted by Gasteiger charge is 2.50. The molecule has 3 aromatic rings. The van der Waals surface area contributed by atoms with Crippen molar-refractivity contribution >= 4 is 11.7 Å². The summed E-state index contributed by atoms with van der Waals surface area (Å²) in [6.07, 6.45) is 15.1. The van der Waals surface area contributed by atoms with Crippen molar-refractivity contribution in [3.05, 3.63) is 65.9 Å². The number of ether oxygens (including phenoxy) is 1. The maximum Gasteiger partial charge on any atom is 0.231 e. The minimum absolute atomic E-state index is 0.0461. The number of carbonyl (C=O) groups is 1. The van der Waals surface area contributed by atoms with Gasteiger partial charge in [-0.3, -0.25) is 9.69 Å². The SMILES string of the molecule is COc1ccc(C23CCC(CN(C(=O)C4CCC(O)CC4)c4cc(-n5cnc(C(C)(C)C)c5)ccn4)(CC2)CC3)cc1C. The van der Waals surface area contributed by atoms with E-state index in [1.54, 1.807) is 7.11 Å². The molecule has 7 rings (SSSR count). The number of anilines is 1. The van der Waals surface area contributed by atoms with E-state index in [0.717, 1.165) is 74.3 Å². The Kier molecular flexibility index (Phi) is 7.91. The van der Waals surface area contributed by atoms with Gasteiger partial charge >= 0.3 is 0 Å². The maximum atomic E-state index is 14.3. The van der Waals surface area contributed by atoms with Gasteiger partial charge in [-0.25, -0.2) is 9.97 Å². The van der Waals surface area contributed by atoms with E-state index in [1.807, 2.05) is 28.1 Å². The summed E-state index contributed by atoms with van der Waals surface area (Å²) in [5.74, 6) is 1.77. The third-order valence-electron chi connectivity index (χ3n) is 10.9. The number of hydrogen-bond acceptors (Lipinski definition) is 5. The summed E-state index contributed by atoms with van der Waals surface area (Å²) >= 11 is 0. The highest BCUT2D eigenvalue weighted by Crippen LogP contribution is 2.58. The quantitative estimate of drug-likeness (QED) is 0.322. The molecule has 0 spiro atoms. The first-order valence-electron chi connectivity index (χ1n) is 16.2. The number of carbonyl (C=O) groups excluding carboxylic acids is 1. The summed E-state index contributed by atoms with van der Waals surface area (Å²) in [4.78, 5) is 25.8. The van der Waals surface area contributed by atoms with E-state index in [9.17, 15) is 9.90 Å². The first kappa shape index (κ1) is 29.9. The molecule has 7 nitrogen and oxygen atoms in total. The Morgan fingerprint density at radius 1 is 1.02 bits per heavy atom. The predicted molar refractivity (Wildman–Crippen MR) is 170 cm³/mol. The molecule has 4 aliphatic carbocycles.